The van der Waals surface area contributed by atoms with Gasteiger partial charge in [0, 0.05) is 12.5 Å². The van der Waals surface area contributed by atoms with Crippen molar-refractivity contribution in [3.63, 3.8) is 0 Å². The lowest BCUT2D eigenvalue weighted by Crippen LogP contribution is -2.34. The van der Waals surface area contributed by atoms with E-state index in [1.165, 1.54) is 13.0 Å². The Morgan fingerprint density at radius 3 is 2.33 bits per heavy atom. The number of rotatable bonds is 8. The Labute approximate surface area is 95.4 Å². The smallest absolute Gasteiger partial charge is 0.0243 e. The number of hydrogen-bond donors (Lipinski definition) is 1. The van der Waals surface area contributed by atoms with Crippen LogP contribution in [0.25, 0.3) is 0 Å². The molecule has 0 aromatic rings. The third-order valence-electron chi connectivity index (χ3n) is 2.71. The van der Waals surface area contributed by atoms with E-state index in [1.807, 2.05) is 6.92 Å². The molecule has 0 spiro atoms. The van der Waals surface area contributed by atoms with Crippen LogP contribution in [0.3, 0.4) is 0 Å². The predicted molar refractivity (Wildman–Crippen MR) is 67.9 cm³/mol. The second kappa shape index (κ2) is 10.0. The van der Waals surface area contributed by atoms with Gasteiger partial charge in [-0.25, -0.2) is 0 Å². The summed E-state index contributed by atoms with van der Waals surface area (Å²) < 4.78 is 0. The molecule has 0 fully saturated rings. The predicted octanol–water partition coefficient (Wildman–Crippen LogP) is 2.11. The van der Waals surface area contributed by atoms with Crippen molar-refractivity contribution >= 4 is 0 Å². The van der Waals surface area contributed by atoms with E-state index in [4.69, 9.17) is 0 Å². The molecule has 0 aromatic heterocycles. The van der Waals surface area contributed by atoms with Crippen LogP contribution in [0.5, 0.6) is 0 Å². The molecule has 0 aromatic carbocycles. The molecule has 0 aliphatic rings. The molecule has 0 rings (SSSR count). The van der Waals surface area contributed by atoms with Crippen molar-refractivity contribution in [2.45, 2.75) is 46.6 Å². The molecule has 0 aliphatic carbocycles. The van der Waals surface area contributed by atoms with E-state index in [0.29, 0.717) is 6.04 Å². The van der Waals surface area contributed by atoms with Crippen molar-refractivity contribution in [1.82, 2.24) is 10.2 Å². The molecule has 2 heteroatoms. The highest BCUT2D eigenvalue weighted by Gasteiger charge is 2.07. The van der Waals surface area contributed by atoms with Crippen LogP contribution in [0.2, 0.25) is 0 Å². The van der Waals surface area contributed by atoms with E-state index in [9.17, 15) is 0 Å². The lowest BCUT2D eigenvalue weighted by atomic mass is 10.1. The third kappa shape index (κ3) is 7.41. The Bertz CT molecular complexity index is 186. The summed E-state index contributed by atoms with van der Waals surface area (Å²) in [5.41, 5.74) is 0. The zero-order valence-electron chi connectivity index (χ0n) is 10.8. The van der Waals surface area contributed by atoms with Gasteiger partial charge in [-0.3, -0.25) is 0 Å². The molecule has 0 saturated heterocycles. The molecule has 1 N–H and O–H groups in total. The van der Waals surface area contributed by atoms with Gasteiger partial charge >= 0.3 is 0 Å². The van der Waals surface area contributed by atoms with Crippen molar-refractivity contribution in [3.05, 3.63) is 0 Å². The van der Waals surface area contributed by atoms with Crippen LogP contribution < -0.4 is 5.32 Å². The Hall–Kier alpha value is -0.520. The Balaban J connectivity index is 3.85. The summed E-state index contributed by atoms with van der Waals surface area (Å²) in [6.45, 7) is 13.0. The molecule has 0 heterocycles. The number of nitrogens with one attached hydrogen (secondary N) is 1. The normalized spacial score (nSPS) is 12.3. The summed E-state index contributed by atoms with van der Waals surface area (Å²) in [7, 11) is 0. The monoisotopic (exact) mass is 210 g/mol. The zero-order valence-corrected chi connectivity index (χ0v) is 10.8. The molecular formula is C13H26N2. The molecule has 1 unspecified atom stereocenters. The van der Waals surface area contributed by atoms with E-state index in [2.05, 4.69) is 42.8 Å². The van der Waals surface area contributed by atoms with Crippen LogP contribution in [0.1, 0.15) is 40.5 Å². The first-order valence-electron chi connectivity index (χ1n) is 6.13. The van der Waals surface area contributed by atoms with E-state index in [1.54, 1.807) is 0 Å². The Morgan fingerprint density at radius 2 is 1.87 bits per heavy atom. The van der Waals surface area contributed by atoms with Crippen molar-refractivity contribution in [2.75, 3.05) is 26.2 Å². The van der Waals surface area contributed by atoms with Crippen LogP contribution in [0.15, 0.2) is 0 Å². The lowest BCUT2D eigenvalue weighted by molar-refractivity contribution is 0.282. The average molecular weight is 210 g/mol. The van der Waals surface area contributed by atoms with Crippen molar-refractivity contribution in [2.24, 2.45) is 0 Å². The molecule has 88 valence electrons. The van der Waals surface area contributed by atoms with Crippen molar-refractivity contribution in [1.29, 1.82) is 0 Å². The highest BCUT2D eigenvalue weighted by atomic mass is 15.1. The molecule has 0 amide bonds. The summed E-state index contributed by atoms with van der Waals surface area (Å²) in [6.07, 6.45) is 2.18. The standard InChI is InChI=1S/C13H26N2/c1-5-9-10-13(14-6-2)11-12-15(7-3)8-4/h13-14H,6-8,10-12H2,1-4H3. The molecule has 2 nitrogen and oxygen atoms in total. The van der Waals surface area contributed by atoms with Gasteiger partial charge in [-0.05, 0) is 39.5 Å². The fraction of sp³-hybridized carbons (Fsp3) is 0.846. The van der Waals surface area contributed by atoms with Crippen LogP contribution in [0.4, 0.5) is 0 Å². The SMILES string of the molecule is CC#CCC(CCN(CC)CC)NCC. The van der Waals surface area contributed by atoms with E-state index in [0.717, 1.165) is 26.1 Å². The summed E-state index contributed by atoms with van der Waals surface area (Å²) >= 11 is 0. The quantitative estimate of drug-likeness (QED) is 0.617. The van der Waals surface area contributed by atoms with Crippen molar-refractivity contribution in [3.8, 4) is 11.8 Å². The average Bonchev–Trinajstić information content (AvgIpc) is 2.27. The fourth-order valence-electron chi connectivity index (χ4n) is 1.67. The van der Waals surface area contributed by atoms with E-state index < -0.39 is 0 Å². The first-order valence-corrected chi connectivity index (χ1v) is 6.13. The molecule has 0 bridgehead atoms. The number of hydrogen-bond acceptors (Lipinski definition) is 2. The van der Waals surface area contributed by atoms with Gasteiger partial charge < -0.3 is 10.2 Å². The maximum atomic E-state index is 3.49. The molecule has 0 aliphatic heterocycles. The second-order valence-corrected chi connectivity index (χ2v) is 3.70. The van der Waals surface area contributed by atoms with Gasteiger partial charge in [0.05, 0.1) is 0 Å². The molecule has 0 radical (unpaired) electrons. The van der Waals surface area contributed by atoms with E-state index >= 15 is 0 Å². The fourth-order valence-corrected chi connectivity index (χ4v) is 1.67. The zero-order chi connectivity index (χ0) is 11.5. The summed E-state index contributed by atoms with van der Waals surface area (Å²) in [4.78, 5) is 2.46. The molecule has 15 heavy (non-hydrogen) atoms. The molecular weight excluding hydrogens is 184 g/mol. The van der Waals surface area contributed by atoms with Gasteiger partial charge in [0.25, 0.3) is 0 Å². The number of nitrogens with zero attached hydrogens (tertiary/aromatic N) is 1. The topological polar surface area (TPSA) is 15.3 Å². The van der Waals surface area contributed by atoms with E-state index in [-0.39, 0.29) is 0 Å². The highest BCUT2D eigenvalue weighted by molar-refractivity contribution is 4.98. The summed E-state index contributed by atoms with van der Waals surface area (Å²) in [5, 5.41) is 3.49. The van der Waals surface area contributed by atoms with Crippen LogP contribution in [-0.4, -0.2) is 37.1 Å². The third-order valence-corrected chi connectivity index (χ3v) is 2.71. The summed E-state index contributed by atoms with van der Waals surface area (Å²) in [6, 6.07) is 0.558. The first-order chi connectivity index (χ1) is 7.28. The van der Waals surface area contributed by atoms with Gasteiger partial charge in [0.1, 0.15) is 0 Å². The molecule has 0 saturated carbocycles. The van der Waals surface area contributed by atoms with Gasteiger partial charge in [-0.15, -0.1) is 11.8 Å². The minimum Gasteiger partial charge on any atom is -0.313 e. The second-order valence-electron chi connectivity index (χ2n) is 3.70. The highest BCUT2D eigenvalue weighted by Crippen LogP contribution is 2.00. The minimum atomic E-state index is 0.558. The Kier molecular flexibility index (Phi) is 9.67. The van der Waals surface area contributed by atoms with Crippen LogP contribution >= 0.6 is 0 Å². The van der Waals surface area contributed by atoms with Gasteiger partial charge in [-0.1, -0.05) is 20.8 Å². The van der Waals surface area contributed by atoms with Gasteiger partial charge in [0.15, 0.2) is 0 Å². The van der Waals surface area contributed by atoms with Crippen molar-refractivity contribution < 1.29 is 0 Å². The Morgan fingerprint density at radius 1 is 1.20 bits per heavy atom. The maximum absolute atomic E-state index is 3.49. The molecule has 1 atom stereocenters. The maximum Gasteiger partial charge on any atom is 0.0243 e. The first kappa shape index (κ1) is 14.5. The largest absolute Gasteiger partial charge is 0.313 e. The minimum absolute atomic E-state index is 0.558. The van der Waals surface area contributed by atoms with Crippen LogP contribution in [0, 0.1) is 11.8 Å². The van der Waals surface area contributed by atoms with Crippen LogP contribution in [-0.2, 0) is 0 Å². The summed E-state index contributed by atoms with van der Waals surface area (Å²) in [5.74, 6) is 6.13. The lowest BCUT2D eigenvalue weighted by Gasteiger charge is -2.22. The van der Waals surface area contributed by atoms with Gasteiger partial charge in [-0.2, -0.15) is 0 Å². The van der Waals surface area contributed by atoms with Gasteiger partial charge in [0.2, 0.25) is 0 Å².